The molecule has 0 aromatic carbocycles. The lowest BCUT2D eigenvalue weighted by Gasteiger charge is -2.27. The van der Waals surface area contributed by atoms with Gasteiger partial charge in [0.2, 0.25) is 0 Å². The molecule has 0 saturated carbocycles. The fraction of sp³-hybridized carbons (Fsp3) is 0.857. The first-order valence-electron chi connectivity index (χ1n) is 3.54. The Morgan fingerprint density at radius 1 is 1.58 bits per heavy atom. The van der Waals surface area contributed by atoms with Gasteiger partial charge in [-0.25, -0.2) is 0 Å². The van der Waals surface area contributed by atoms with Crippen LogP contribution in [0, 0.1) is 0 Å². The Labute approximate surface area is 71.5 Å². The summed E-state index contributed by atoms with van der Waals surface area (Å²) in [5.74, 6) is -1.98. The lowest BCUT2D eigenvalue weighted by molar-refractivity contribution is -0.201. The van der Waals surface area contributed by atoms with Gasteiger partial charge in [-0.3, -0.25) is 4.79 Å². The van der Waals surface area contributed by atoms with Gasteiger partial charge in [-0.1, -0.05) is 0 Å². The van der Waals surface area contributed by atoms with E-state index in [0.717, 1.165) is 0 Å². The number of carboxylic acids is 1. The third kappa shape index (κ3) is 3.17. The van der Waals surface area contributed by atoms with Crippen molar-refractivity contribution in [3.63, 3.8) is 0 Å². The average Bonchev–Trinajstić information content (AvgIpc) is 2.04. The molecule has 1 atom stereocenters. The van der Waals surface area contributed by atoms with Crippen molar-refractivity contribution in [3.8, 4) is 0 Å². The molecule has 0 bridgehead atoms. The van der Waals surface area contributed by atoms with Crippen LogP contribution >= 0.6 is 0 Å². The standard InChI is InChI=1S/C7H15NO4/c1-7(11-2,12-3)4-5(8)6(9)10/h5H,4,8H2,1-3H3,(H,9,10). The van der Waals surface area contributed by atoms with E-state index in [1.165, 1.54) is 14.2 Å². The van der Waals surface area contributed by atoms with Crippen LogP contribution in [0.2, 0.25) is 0 Å². The molecule has 0 amide bonds. The van der Waals surface area contributed by atoms with Crippen molar-refractivity contribution in [2.75, 3.05) is 14.2 Å². The molecule has 0 saturated heterocycles. The maximum atomic E-state index is 10.4. The van der Waals surface area contributed by atoms with Gasteiger partial charge in [0.15, 0.2) is 5.79 Å². The van der Waals surface area contributed by atoms with E-state index in [-0.39, 0.29) is 6.42 Å². The van der Waals surface area contributed by atoms with Crippen LogP contribution in [0.4, 0.5) is 0 Å². The van der Waals surface area contributed by atoms with Gasteiger partial charge in [-0.15, -0.1) is 0 Å². The van der Waals surface area contributed by atoms with Gasteiger partial charge in [-0.2, -0.15) is 0 Å². The van der Waals surface area contributed by atoms with Crippen LogP contribution in [0.25, 0.3) is 0 Å². The number of aliphatic carboxylic acids is 1. The molecule has 0 heterocycles. The fourth-order valence-electron chi connectivity index (χ4n) is 0.737. The number of ether oxygens (including phenoxy) is 2. The molecular formula is C7H15NO4. The summed E-state index contributed by atoms with van der Waals surface area (Å²) in [6, 6.07) is -0.963. The summed E-state index contributed by atoms with van der Waals surface area (Å²) < 4.78 is 9.88. The van der Waals surface area contributed by atoms with Crippen molar-refractivity contribution < 1.29 is 19.4 Å². The van der Waals surface area contributed by atoms with Crippen LogP contribution in [-0.2, 0) is 14.3 Å². The summed E-state index contributed by atoms with van der Waals surface area (Å²) >= 11 is 0. The maximum Gasteiger partial charge on any atom is 0.320 e. The highest BCUT2D eigenvalue weighted by atomic mass is 16.7. The monoisotopic (exact) mass is 177 g/mol. The molecule has 0 aromatic heterocycles. The predicted octanol–water partition coefficient (Wildman–Crippen LogP) is -0.203. The smallest absolute Gasteiger partial charge is 0.320 e. The number of hydrogen-bond donors (Lipinski definition) is 2. The summed E-state index contributed by atoms with van der Waals surface area (Å²) in [4.78, 5) is 10.4. The first-order valence-corrected chi connectivity index (χ1v) is 3.54. The maximum absolute atomic E-state index is 10.4. The van der Waals surface area contributed by atoms with Crippen LogP contribution in [0.3, 0.4) is 0 Å². The molecule has 0 aliphatic rings. The van der Waals surface area contributed by atoms with E-state index >= 15 is 0 Å². The number of carboxylic acid groups (broad SMARTS) is 1. The van der Waals surface area contributed by atoms with Gasteiger partial charge in [-0.05, 0) is 6.92 Å². The van der Waals surface area contributed by atoms with Crippen molar-refractivity contribution in [3.05, 3.63) is 0 Å². The summed E-state index contributed by atoms with van der Waals surface area (Å²) in [5, 5.41) is 8.50. The van der Waals surface area contributed by atoms with Crippen molar-refractivity contribution in [1.82, 2.24) is 0 Å². The minimum absolute atomic E-state index is 0.120. The molecule has 5 nitrogen and oxygen atoms in total. The molecule has 0 aliphatic carbocycles. The third-order valence-corrected chi connectivity index (χ3v) is 1.77. The van der Waals surface area contributed by atoms with Gasteiger partial charge in [0.25, 0.3) is 0 Å². The molecule has 0 rings (SSSR count). The number of hydrogen-bond acceptors (Lipinski definition) is 4. The van der Waals surface area contributed by atoms with E-state index < -0.39 is 17.8 Å². The van der Waals surface area contributed by atoms with Gasteiger partial charge < -0.3 is 20.3 Å². The van der Waals surface area contributed by atoms with Gasteiger partial charge in [0.1, 0.15) is 6.04 Å². The highest BCUT2D eigenvalue weighted by Gasteiger charge is 2.28. The van der Waals surface area contributed by atoms with Gasteiger partial charge in [0, 0.05) is 20.6 Å². The quantitative estimate of drug-likeness (QED) is 0.568. The zero-order valence-corrected chi connectivity index (χ0v) is 7.53. The molecule has 1 unspecified atom stereocenters. The first kappa shape index (κ1) is 11.4. The van der Waals surface area contributed by atoms with Gasteiger partial charge in [0.05, 0.1) is 0 Å². The van der Waals surface area contributed by atoms with E-state index in [2.05, 4.69) is 0 Å². The largest absolute Gasteiger partial charge is 0.480 e. The molecule has 72 valence electrons. The van der Waals surface area contributed by atoms with Crippen LogP contribution < -0.4 is 5.73 Å². The second kappa shape index (κ2) is 4.39. The van der Waals surface area contributed by atoms with Crippen molar-refractivity contribution in [2.45, 2.75) is 25.2 Å². The Kier molecular flexibility index (Phi) is 4.16. The highest BCUT2D eigenvalue weighted by molar-refractivity contribution is 5.73. The Morgan fingerprint density at radius 2 is 2.00 bits per heavy atom. The van der Waals surface area contributed by atoms with Crippen molar-refractivity contribution in [2.24, 2.45) is 5.73 Å². The molecule has 0 aliphatic heterocycles. The van der Waals surface area contributed by atoms with Crippen molar-refractivity contribution >= 4 is 5.97 Å². The Balaban J connectivity index is 4.11. The first-order chi connectivity index (χ1) is 5.45. The normalized spacial score (nSPS) is 14.3. The second-order valence-corrected chi connectivity index (χ2v) is 2.69. The van der Waals surface area contributed by atoms with Crippen LogP contribution in [0.15, 0.2) is 0 Å². The summed E-state index contributed by atoms with van der Waals surface area (Å²) in [6.07, 6.45) is 0.120. The SMILES string of the molecule is COC(C)(CC(N)C(=O)O)OC. The summed E-state index contributed by atoms with van der Waals surface area (Å²) in [5.41, 5.74) is 5.29. The fourth-order valence-corrected chi connectivity index (χ4v) is 0.737. The average molecular weight is 177 g/mol. The number of carbonyl (C=O) groups is 1. The minimum Gasteiger partial charge on any atom is -0.480 e. The predicted molar refractivity (Wildman–Crippen MR) is 42.7 cm³/mol. The van der Waals surface area contributed by atoms with E-state index in [1.807, 2.05) is 0 Å². The molecule has 0 radical (unpaired) electrons. The zero-order chi connectivity index (χ0) is 9.78. The molecule has 0 fully saturated rings. The van der Waals surface area contributed by atoms with Gasteiger partial charge >= 0.3 is 5.97 Å². The number of methoxy groups -OCH3 is 2. The summed E-state index contributed by atoms with van der Waals surface area (Å²) in [6.45, 7) is 1.63. The van der Waals surface area contributed by atoms with Crippen LogP contribution in [-0.4, -0.2) is 37.1 Å². The molecule has 5 heteroatoms. The summed E-state index contributed by atoms with van der Waals surface area (Å²) in [7, 11) is 2.89. The van der Waals surface area contributed by atoms with E-state index in [0.29, 0.717) is 0 Å². The van der Waals surface area contributed by atoms with Crippen molar-refractivity contribution in [1.29, 1.82) is 0 Å². The minimum atomic E-state index is -1.06. The Morgan fingerprint density at radius 3 is 2.25 bits per heavy atom. The lowest BCUT2D eigenvalue weighted by Crippen LogP contribution is -2.41. The third-order valence-electron chi connectivity index (χ3n) is 1.77. The van der Waals surface area contributed by atoms with E-state index in [4.69, 9.17) is 20.3 Å². The van der Waals surface area contributed by atoms with E-state index in [1.54, 1.807) is 6.92 Å². The Hall–Kier alpha value is -0.650. The number of rotatable bonds is 5. The molecule has 0 aromatic rings. The topological polar surface area (TPSA) is 81.8 Å². The van der Waals surface area contributed by atoms with Crippen LogP contribution in [0.5, 0.6) is 0 Å². The number of nitrogens with two attached hydrogens (primary N) is 1. The molecule has 12 heavy (non-hydrogen) atoms. The lowest BCUT2D eigenvalue weighted by atomic mass is 10.1. The molecular weight excluding hydrogens is 162 g/mol. The molecule has 3 N–H and O–H groups in total. The molecule has 0 spiro atoms. The second-order valence-electron chi connectivity index (χ2n) is 2.69. The highest BCUT2D eigenvalue weighted by Crippen LogP contribution is 2.16. The zero-order valence-electron chi connectivity index (χ0n) is 7.53. The van der Waals surface area contributed by atoms with E-state index in [9.17, 15) is 4.79 Å². The Bertz CT molecular complexity index is 155. The van der Waals surface area contributed by atoms with Crippen LogP contribution in [0.1, 0.15) is 13.3 Å².